The lowest BCUT2D eigenvalue weighted by molar-refractivity contribution is 0.664. The summed E-state index contributed by atoms with van der Waals surface area (Å²) in [5.74, 6) is 1.51. The molecule has 1 aliphatic rings. The van der Waals surface area contributed by atoms with Crippen LogP contribution in [0.25, 0.3) is 0 Å². The molecule has 0 amide bonds. The van der Waals surface area contributed by atoms with Crippen LogP contribution in [0.3, 0.4) is 0 Å². The van der Waals surface area contributed by atoms with E-state index in [1.807, 2.05) is 19.2 Å². The third-order valence-electron chi connectivity index (χ3n) is 3.89. The van der Waals surface area contributed by atoms with Gasteiger partial charge in [0.05, 0.1) is 0 Å². The molecule has 2 unspecified atom stereocenters. The summed E-state index contributed by atoms with van der Waals surface area (Å²) >= 11 is 0. The van der Waals surface area contributed by atoms with Crippen molar-refractivity contribution >= 4 is 29.9 Å². The number of nitrogens with one attached hydrogen (secondary N) is 2. The monoisotopic (exact) mass is 410 g/mol. The van der Waals surface area contributed by atoms with Gasteiger partial charge >= 0.3 is 0 Å². The maximum Gasteiger partial charge on any atom is 0.191 e. The topological polar surface area (TPSA) is 41.4 Å². The highest BCUT2D eigenvalue weighted by molar-refractivity contribution is 14.0. The van der Waals surface area contributed by atoms with E-state index in [-0.39, 0.29) is 24.0 Å². The number of aliphatic imine (C=N–C) groups is 1. The summed E-state index contributed by atoms with van der Waals surface area (Å²) in [4.78, 5) is 4.30. The molecule has 1 saturated carbocycles. The Morgan fingerprint density at radius 1 is 1.18 bits per heavy atom. The molecular formula is C17H23IN4. The normalized spacial score (nSPS) is 20.1. The van der Waals surface area contributed by atoms with Crippen LogP contribution in [-0.4, -0.2) is 30.2 Å². The van der Waals surface area contributed by atoms with Crippen molar-refractivity contribution in [2.45, 2.75) is 24.9 Å². The summed E-state index contributed by atoms with van der Waals surface area (Å²) in [6, 6.07) is 15.3. The number of hydrogen-bond acceptors (Lipinski definition) is 1. The maximum atomic E-state index is 4.30. The zero-order valence-electron chi connectivity index (χ0n) is 12.8. The van der Waals surface area contributed by atoms with E-state index in [9.17, 15) is 0 Å². The van der Waals surface area contributed by atoms with E-state index < -0.39 is 0 Å². The van der Waals surface area contributed by atoms with E-state index in [1.165, 1.54) is 12.0 Å². The molecule has 1 fully saturated rings. The van der Waals surface area contributed by atoms with Gasteiger partial charge in [-0.15, -0.1) is 24.0 Å². The van der Waals surface area contributed by atoms with Gasteiger partial charge in [0.15, 0.2) is 5.96 Å². The number of guanidine groups is 1. The molecule has 1 aromatic heterocycles. The standard InChI is InChI=1S/C17H22N4.HI/c1-18-17(19-9-12-21-10-5-6-11-21)20-16-13-15(16)14-7-3-2-4-8-14;/h2-8,10-11,15-16H,9,12-13H2,1H3,(H2,18,19,20);1H. The van der Waals surface area contributed by atoms with Crippen LogP contribution < -0.4 is 10.6 Å². The molecular weight excluding hydrogens is 387 g/mol. The van der Waals surface area contributed by atoms with Crippen LogP contribution in [0.1, 0.15) is 17.9 Å². The zero-order chi connectivity index (χ0) is 14.5. The molecule has 1 heterocycles. The summed E-state index contributed by atoms with van der Waals surface area (Å²) in [7, 11) is 1.82. The number of nitrogens with zero attached hydrogens (tertiary/aromatic N) is 2. The maximum absolute atomic E-state index is 4.30. The molecule has 0 aliphatic heterocycles. The lowest BCUT2D eigenvalue weighted by Crippen LogP contribution is -2.40. The minimum absolute atomic E-state index is 0. The van der Waals surface area contributed by atoms with Gasteiger partial charge in [0, 0.05) is 44.5 Å². The minimum atomic E-state index is 0. The second-order valence-electron chi connectivity index (χ2n) is 5.42. The van der Waals surface area contributed by atoms with Crippen molar-refractivity contribution in [3.05, 3.63) is 60.4 Å². The molecule has 3 rings (SSSR count). The molecule has 2 aromatic rings. The summed E-state index contributed by atoms with van der Waals surface area (Å²) in [5, 5.41) is 6.87. The molecule has 1 aliphatic carbocycles. The summed E-state index contributed by atoms with van der Waals surface area (Å²) in [6.45, 7) is 1.82. The van der Waals surface area contributed by atoms with Crippen LogP contribution >= 0.6 is 24.0 Å². The molecule has 4 nitrogen and oxygen atoms in total. The van der Waals surface area contributed by atoms with Crippen molar-refractivity contribution in [2.75, 3.05) is 13.6 Å². The third kappa shape index (κ3) is 4.50. The number of benzene rings is 1. The van der Waals surface area contributed by atoms with E-state index in [4.69, 9.17) is 0 Å². The van der Waals surface area contributed by atoms with Crippen LogP contribution in [0, 0.1) is 0 Å². The zero-order valence-corrected chi connectivity index (χ0v) is 15.1. The Labute approximate surface area is 149 Å². The number of rotatable bonds is 5. The largest absolute Gasteiger partial charge is 0.355 e. The van der Waals surface area contributed by atoms with E-state index in [1.54, 1.807) is 0 Å². The highest BCUT2D eigenvalue weighted by Gasteiger charge is 2.38. The Bertz CT molecular complexity index is 580. The Hall–Kier alpha value is -1.50. The fourth-order valence-corrected chi connectivity index (χ4v) is 2.62. The summed E-state index contributed by atoms with van der Waals surface area (Å²) in [5.41, 5.74) is 1.41. The van der Waals surface area contributed by atoms with Gasteiger partial charge in [0.2, 0.25) is 0 Å². The van der Waals surface area contributed by atoms with Gasteiger partial charge in [-0.1, -0.05) is 30.3 Å². The second-order valence-corrected chi connectivity index (χ2v) is 5.42. The van der Waals surface area contributed by atoms with Gasteiger partial charge in [-0.3, -0.25) is 4.99 Å². The molecule has 0 spiro atoms. The first-order chi connectivity index (χ1) is 10.4. The Morgan fingerprint density at radius 3 is 2.59 bits per heavy atom. The van der Waals surface area contributed by atoms with Gasteiger partial charge in [-0.2, -0.15) is 0 Å². The fourth-order valence-electron chi connectivity index (χ4n) is 2.62. The number of halogens is 1. The van der Waals surface area contributed by atoms with E-state index in [2.05, 4.69) is 62.9 Å². The predicted octanol–water partition coefficient (Wildman–Crippen LogP) is 2.83. The molecule has 118 valence electrons. The quantitative estimate of drug-likeness (QED) is 0.452. The van der Waals surface area contributed by atoms with Crippen molar-refractivity contribution in [3.63, 3.8) is 0 Å². The molecule has 22 heavy (non-hydrogen) atoms. The molecule has 0 radical (unpaired) electrons. The smallest absolute Gasteiger partial charge is 0.191 e. The highest BCUT2D eigenvalue weighted by atomic mass is 127. The highest BCUT2D eigenvalue weighted by Crippen LogP contribution is 2.40. The molecule has 0 bridgehead atoms. The van der Waals surface area contributed by atoms with Crippen LogP contribution in [0.5, 0.6) is 0 Å². The summed E-state index contributed by atoms with van der Waals surface area (Å²) < 4.78 is 2.16. The van der Waals surface area contributed by atoms with Gasteiger partial charge in [0.25, 0.3) is 0 Å². The van der Waals surface area contributed by atoms with Crippen LogP contribution in [-0.2, 0) is 6.54 Å². The fraction of sp³-hybridized carbons (Fsp3) is 0.353. The lowest BCUT2D eigenvalue weighted by atomic mass is 10.1. The van der Waals surface area contributed by atoms with E-state index >= 15 is 0 Å². The molecule has 2 atom stereocenters. The average Bonchev–Trinajstić information content (AvgIpc) is 3.10. The first kappa shape index (κ1) is 16.9. The molecule has 0 saturated heterocycles. The Kier molecular flexibility index (Phi) is 6.30. The van der Waals surface area contributed by atoms with Crippen LogP contribution in [0.15, 0.2) is 59.9 Å². The molecule has 1 aromatic carbocycles. The predicted molar refractivity (Wildman–Crippen MR) is 102 cm³/mol. The molecule has 2 N–H and O–H groups in total. The first-order valence-corrected chi connectivity index (χ1v) is 7.49. The Morgan fingerprint density at radius 2 is 1.91 bits per heavy atom. The third-order valence-corrected chi connectivity index (χ3v) is 3.89. The van der Waals surface area contributed by atoms with Crippen LogP contribution in [0.2, 0.25) is 0 Å². The SMILES string of the molecule is CN=C(NCCn1cccc1)NC1CC1c1ccccc1.I. The Balaban J connectivity index is 0.00000176. The number of aromatic nitrogens is 1. The second kappa shape index (κ2) is 8.22. The van der Waals surface area contributed by atoms with Gasteiger partial charge in [0.1, 0.15) is 0 Å². The van der Waals surface area contributed by atoms with Crippen molar-refractivity contribution in [1.82, 2.24) is 15.2 Å². The van der Waals surface area contributed by atoms with Crippen molar-refractivity contribution in [2.24, 2.45) is 4.99 Å². The number of hydrogen-bond donors (Lipinski definition) is 2. The summed E-state index contributed by atoms with van der Waals surface area (Å²) in [6.07, 6.45) is 5.33. The van der Waals surface area contributed by atoms with Gasteiger partial charge in [-0.25, -0.2) is 0 Å². The van der Waals surface area contributed by atoms with Gasteiger partial charge < -0.3 is 15.2 Å². The van der Waals surface area contributed by atoms with E-state index in [0.717, 1.165) is 19.0 Å². The van der Waals surface area contributed by atoms with E-state index in [0.29, 0.717) is 12.0 Å². The minimum Gasteiger partial charge on any atom is -0.355 e. The first-order valence-electron chi connectivity index (χ1n) is 7.49. The van der Waals surface area contributed by atoms with Crippen LogP contribution in [0.4, 0.5) is 0 Å². The van der Waals surface area contributed by atoms with Crippen molar-refractivity contribution < 1.29 is 0 Å². The van der Waals surface area contributed by atoms with Crippen molar-refractivity contribution in [3.8, 4) is 0 Å². The van der Waals surface area contributed by atoms with Gasteiger partial charge in [-0.05, 0) is 24.1 Å². The molecule has 5 heteroatoms. The average molecular weight is 410 g/mol. The van der Waals surface area contributed by atoms with Crippen molar-refractivity contribution in [1.29, 1.82) is 0 Å². The lowest BCUT2D eigenvalue weighted by Gasteiger charge is -2.12.